The minimum absolute atomic E-state index is 0.118. The Bertz CT molecular complexity index is 405. The van der Waals surface area contributed by atoms with Crippen LogP contribution >= 0.6 is 0 Å². The van der Waals surface area contributed by atoms with Gasteiger partial charge in [0, 0.05) is 19.1 Å². The Morgan fingerprint density at radius 2 is 2.05 bits per heavy atom. The van der Waals surface area contributed by atoms with Crippen LogP contribution in [-0.4, -0.2) is 40.8 Å². The molecule has 0 aliphatic carbocycles. The van der Waals surface area contributed by atoms with Crippen molar-refractivity contribution in [3.05, 3.63) is 11.7 Å². The molecule has 0 saturated carbocycles. The molecule has 1 aliphatic heterocycles. The molecular formula is C13H24N4O2. The fourth-order valence-corrected chi connectivity index (χ4v) is 2.09. The van der Waals surface area contributed by atoms with Crippen LogP contribution in [0.2, 0.25) is 0 Å². The second kappa shape index (κ2) is 5.98. The van der Waals surface area contributed by atoms with Crippen molar-refractivity contribution in [2.45, 2.75) is 45.9 Å². The predicted molar refractivity (Wildman–Crippen MR) is 71.5 cm³/mol. The highest BCUT2D eigenvalue weighted by Gasteiger charge is 2.28. The maximum Gasteiger partial charge on any atom is 0.243 e. The molecule has 0 radical (unpaired) electrons. The van der Waals surface area contributed by atoms with Crippen molar-refractivity contribution >= 4 is 0 Å². The van der Waals surface area contributed by atoms with Crippen molar-refractivity contribution in [3.63, 3.8) is 0 Å². The van der Waals surface area contributed by atoms with Crippen molar-refractivity contribution in [2.24, 2.45) is 11.7 Å². The summed E-state index contributed by atoms with van der Waals surface area (Å²) in [6, 6.07) is 0.279. The third-order valence-electron chi connectivity index (χ3n) is 3.58. The van der Waals surface area contributed by atoms with Gasteiger partial charge in [-0.15, -0.1) is 0 Å². The summed E-state index contributed by atoms with van der Waals surface area (Å²) in [4.78, 5) is 6.75. The molecule has 1 saturated heterocycles. The maximum atomic E-state index is 6.01. The van der Waals surface area contributed by atoms with Gasteiger partial charge in [-0.2, -0.15) is 4.98 Å². The fourth-order valence-electron chi connectivity index (χ4n) is 2.09. The Balaban J connectivity index is 2.06. The molecular weight excluding hydrogens is 244 g/mol. The summed E-state index contributed by atoms with van der Waals surface area (Å²) in [5.74, 6) is 1.37. The zero-order valence-corrected chi connectivity index (χ0v) is 12.2. The standard InChI is InChI=1S/C13H24N4O2/c1-8(2)11(14)13-15-12(16-19-13)10-7-17(9(3)4)5-6-18-10/h8-11H,5-7,14H2,1-4H3/t10?,11-/m1/s1. The molecule has 1 unspecified atom stereocenters. The van der Waals surface area contributed by atoms with E-state index in [9.17, 15) is 0 Å². The van der Waals surface area contributed by atoms with E-state index < -0.39 is 0 Å². The first kappa shape index (κ1) is 14.4. The van der Waals surface area contributed by atoms with Gasteiger partial charge >= 0.3 is 0 Å². The van der Waals surface area contributed by atoms with Crippen molar-refractivity contribution in [1.29, 1.82) is 0 Å². The third-order valence-corrected chi connectivity index (χ3v) is 3.58. The molecule has 1 aliphatic rings. The highest BCUT2D eigenvalue weighted by atomic mass is 16.5. The van der Waals surface area contributed by atoms with Crippen LogP contribution in [0.1, 0.15) is 51.6 Å². The molecule has 0 bridgehead atoms. The Hall–Kier alpha value is -0.980. The molecule has 1 aromatic rings. The lowest BCUT2D eigenvalue weighted by Crippen LogP contribution is -2.42. The first-order valence-corrected chi connectivity index (χ1v) is 6.93. The van der Waals surface area contributed by atoms with Crippen LogP contribution in [0.3, 0.4) is 0 Å². The number of aromatic nitrogens is 2. The number of nitrogens with two attached hydrogens (primary N) is 1. The van der Waals surface area contributed by atoms with E-state index in [4.69, 9.17) is 15.0 Å². The van der Waals surface area contributed by atoms with Crippen LogP contribution in [0.25, 0.3) is 0 Å². The molecule has 19 heavy (non-hydrogen) atoms. The van der Waals surface area contributed by atoms with Crippen LogP contribution in [-0.2, 0) is 4.74 Å². The predicted octanol–water partition coefficient (Wildman–Crippen LogP) is 1.51. The summed E-state index contributed by atoms with van der Waals surface area (Å²) >= 11 is 0. The summed E-state index contributed by atoms with van der Waals surface area (Å²) in [6.07, 6.45) is -0.118. The van der Waals surface area contributed by atoms with Gasteiger partial charge in [0.1, 0.15) is 6.10 Å². The van der Waals surface area contributed by atoms with Gasteiger partial charge in [-0.05, 0) is 19.8 Å². The maximum absolute atomic E-state index is 6.01. The zero-order chi connectivity index (χ0) is 14.0. The van der Waals surface area contributed by atoms with Crippen LogP contribution in [0.15, 0.2) is 4.52 Å². The molecule has 6 heteroatoms. The monoisotopic (exact) mass is 268 g/mol. The van der Waals surface area contributed by atoms with Crippen molar-refractivity contribution < 1.29 is 9.26 Å². The fraction of sp³-hybridized carbons (Fsp3) is 0.846. The molecule has 2 N–H and O–H groups in total. The number of nitrogens with zero attached hydrogens (tertiary/aromatic N) is 3. The van der Waals surface area contributed by atoms with E-state index in [0.717, 1.165) is 13.1 Å². The summed E-state index contributed by atoms with van der Waals surface area (Å²) in [6.45, 7) is 10.9. The van der Waals surface area contributed by atoms with E-state index in [1.165, 1.54) is 0 Å². The first-order valence-electron chi connectivity index (χ1n) is 6.93. The molecule has 2 heterocycles. The number of hydrogen-bond acceptors (Lipinski definition) is 6. The minimum Gasteiger partial charge on any atom is -0.367 e. The molecule has 108 valence electrons. The van der Waals surface area contributed by atoms with Gasteiger partial charge in [0.25, 0.3) is 0 Å². The van der Waals surface area contributed by atoms with E-state index in [0.29, 0.717) is 24.4 Å². The van der Waals surface area contributed by atoms with Crippen LogP contribution < -0.4 is 5.73 Å². The number of hydrogen-bond donors (Lipinski definition) is 1. The average Bonchev–Trinajstić information content (AvgIpc) is 2.87. The first-order chi connectivity index (χ1) is 8.99. The molecule has 1 fully saturated rings. The molecule has 1 aromatic heterocycles. The second-order valence-electron chi connectivity index (χ2n) is 5.71. The largest absolute Gasteiger partial charge is 0.367 e. The average molecular weight is 268 g/mol. The Morgan fingerprint density at radius 1 is 1.32 bits per heavy atom. The van der Waals surface area contributed by atoms with Gasteiger partial charge in [0.15, 0.2) is 0 Å². The summed E-state index contributed by atoms with van der Waals surface area (Å²) < 4.78 is 11.0. The van der Waals surface area contributed by atoms with Gasteiger partial charge < -0.3 is 15.0 Å². The smallest absolute Gasteiger partial charge is 0.243 e. The third kappa shape index (κ3) is 3.32. The van der Waals surface area contributed by atoms with E-state index >= 15 is 0 Å². The number of rotatable bonds is 4. The zero-order valence-electron chi connectivity index (χ0n) is 12.2. The molecule has 2 rings (SSSR count). The Morgan fingerprint density at radius 3 is 2.68 bits per heavy atom. The van der Waals surface area contributed by atoms with E-state index in [2.05, 4.69) is 28.9 Å². The normalized spacial score (nSPS) is 23.2. The Kier molecular flexibility index (Phi) is 4.54. The molecule has 0 amide bonds. The SMILES string of the molecule is CC(C)[C@@H](N)c1nc(C2CN(C(C)C)CCO2)no1. The highest BCUT2D eigenvalue weighted by molar-refractivity contribution is 4.98. The summed E-state index contributed by atoms with van der Waals surface area (Å²) in [7, 11) is 0. The van der Waals surface area contributed by atoms with Crippen molar-refractivity contribution in [3.8, 4) is 0 Å². The lowest BCUT2D eigenvalue weighted by Gasteiger charge is -2.34. The van der Waals surface area contributed by atoms with E-state index in [1.807, 2.05) is 13.8 Å². The molecule has 6 nitrogen and oxygen atoms in total. The lowest BCUT2D eigenvalue weighted by molar-refractivity contribution is -0.0450. The lowest BCUT2D eigenvalue weighted by atomic mass is 10.1. The van der Waals surface area contributed by atoms with Gasteiger partial charge in [0.05, 0.1) is 12.6 Å². The molecule has 0 spiro atoms. The molecule has 2 atom stereocenters. The van der Waals surface area contributed by atoms with Gasteiger partial charge in [0.2, 0.25) is 11.7 Å². The quantitative estimate of drug-likeness (QED) is 0.892. The number of morpholine rings is 1. The van der Waals surface area contributed by atoms with Crippen LogP contribution in [0.4, 0.5) is 0 Å². The van der Waals surface area contributed by atoms with E-state index in [1.54, 1.807) is 0 Å². The topological polar surface area (TPSA) is 77.4 Å². The summed E-state index contributed by atoms with van der Waals surface area (Å²) in [5.41, 5.74) is 6.01. The van der Waals surface area contributed by atoms with Gasteiger partial charge in [-0.3, -0.25) is 4.90 Å². The van der Waals surface area contributed by atoms with Crippen molar-refractivity contribution in [2.75, 3.05) is 19.7 Å². The van der Waals surface area contributed by atoms with E-state index in [-0.39, 0.29) is 18.1 Å². The Labute approximate surface area is 114 Å². The van der Waals surface area contributed by atoms with Crippen LogP contribution in [0, 0.1) is 5.92 Å². The van der Waals surface area contributed by atoms with Crippen molar-refractivity contribution in [1.82, 2.24) is 15.0 Å². The van der Waals surface area contributed by atoms with Gasteiger partial charge in [-0.25, -0.2) is 0 Å². The minimum atomic E-state index is -0.217. The number of ether oxygens (including phenoxy) is 1. The summed E-state index contributed by atoms with van der Waals surface area (Å²) in [5, 5.41) is 4.02. The molecule has 0 aromatic carbocycles. The second-order valence-corrected chi connectivity index (χ2v) is 5.71. The van der Waals surface area contributed by atoms with Gasteiger partial charge in [-0.1, -0.05) is 19.0 Å². The highest BCUT2D eigenvalue weighted by Crippen LogP contribution is 2.23. The van der Waals surface area contributed by atoms with Crippen LogP contribution in [0.5, 0.6) is 0 Å².